The molecule has 2 amide bonds. The van der Waals surface area contributed by atoms with Crippen LogP contribution >= 0.6 is 0 Å². The number of carbonyl (C=O) groups is 1. The van der Waals surface area contributed by atoms with Gasteiger partial charge < -0.3 is 19.6 Å². The summed E-state index contributed by atoms with van der Waals surface area (Å²) in [5.41, 5.74) is 0.858. The van der Waals surface area contributed by atoms with Crippen LogP contribution in [0.1, 0.15) is 76.9 Å². The molecule has 0 radical (unpaired) electrons. The van der Waals surface area contributed by atoms with Gasteiger partial charge in [-0.05, 0) is 64.5 Å². The highest BCUT2D eigenvalue weighted by Gasteiger charge is 2.42. The zero-order chi connectivity index (χ0) is 25.0. The number of nitrogens with zero attached hydrogens (tertiary/aromatic N) is 5. The molecule has 4 aliphatic rings. The number of urea groups is 1. The molecule has 2 bridgehead atoms. The summed E-state index contributed by atoms with van der Waals surface area (Å²) in [5, 5.41) is 7.19. The standard InChI is InChI=1S/C27H37FN6O2/c1-17(2)34-19-9-10-20(34)16-33(15-19)22-6-4-5-21(28)23(22)29-26(35)32-13-11-27(3,12-14-32)25-30-24(36-31-25)18-7-8-18/h4-6,17-20H,7-16H2,1-3H3,(H,29,35). The molecule has 8 nitrogen and oxygen atoms in total. The van der Waals surface area contributed by atoms with Crippen LogP contribution in [0.25, 0.3) is 0 Å². The fraction of sp³-hybridized carbons (Fsp3) is 0.667. The highest BCUT2D eigenvalue weighted by Crippen LogP contribution is 2.41. The molecule has 3 saturated heterocycles. The van der Waals surface area contributed by atoms with Crippen molar-refractivity contribution in [2.24, 2.45) is 0 Å². The molecule has 1 N–H and O–H groups in total. The minimum Gasteiger partial charge on any atom is -0.367 e. The van der Waals surface area contributed by atoms with E-state index < -0.39 is 0 Å². The number of amides is 2. The molecule has 2 atom stereocenters. The first-order valence-corrected chi connectivity index (χ1v) is 13.5. The molecular weight excluding hydrogens is 459 g/mol. The number of benzene rings is 1. The minimum atomic E-state index is -0.388. The first-order chi connectivity index (χ1) is 17.3. The van der Waals surface area contributed by atoms with Gasteiger partial charge in [-0.1, -0.05) is 18.1 Å². The third kappa shape index (κ3) is 4.25. The van der Waals surface area contributed by atoms with Gasteiger partial charge in [0.05, 0.1) is 5.69 Å². The second-order valence-corrected chi connectivity index (χ2v) is 11.7. The summed E-state index contributed by atoms with van der Waals surface area (Å²) in [6.45, 7) is 9.50. The van der Waals surface area contributed by atoms with Crippen LogP contribution in [-0.2, 0) is 5.41 Å². The Morgan fingerprint density at radius 1 is 1.14 bits per heavy atom. The maximum Gasteiger partial charge on any atom is 0.321 e. The van der Waals surface area contributed by atoms with Gasteiger partial charge in [0.25, 0.3) is 0 Å². The molecule has 4 fully saturated rings. The van der Waals surface area contributed by atoms with Crippen molar-refractivity contribution >= 4 is 17.4 Å². The van der Waals surface area contributed by atoms with E-state index >= 15 is 4.39 Å². The van der Waals surface area contributed by atoms with E-state index in [0.717, 1.165) is 56.2 Å². The Morgan fingerprint density at radius 3 is 2.47 bits per heavy atom. The van der Waals surface area contributed by atoms with Gasteiger partial charge in [-0.3, -0.25) is 4.90 Å². The van der Waals surface area contributed by atoms with E-state index in [4.69, 9.17) is 4.52 Å². The third-order valence-corrected chi connectivity index (χ3v) is 8.76. The van der Waals surface area contributed by atoms with Crippen LogP contribution in [0.5, 0.6) is 0 Å². The van der Waals surface area contributed by atoms with E-state index in [1.54, 1.807) is 11.0 Å². The molecule has 6 rings (SSSR count). The molecule has 3 aliphatic heterocycles. The van der Waals surface area contributed by atoms with Gasteiger partial charge in [0.1, 0.15) is 11.5 Å². The first kappa shape index (κ1) is 23.7. The van der Waals surface area contributed by atoms with Crippen LogP contribution in [0.2, 0.25) is 0 Å². The smallest absolute Gasteiger partial charge is 0.321 e. The number of carbonyl (C=O) groups excluding carboxylic acids is 1. The fourth-order valence-electron chi connectivity index (χ4n) is 6.46. The number of fused-ring (bicyclic) bond motifs is 2. The van der Waals surface area contributed by atoms with Gasteiger partial charge in [-0.25, -0.2) is 9.18 Å². The van der Waals surface area contributed by atoms with Crippen molar-refractivity contribution in [3.63, 3.8) is 0 Å². The second-order valence-electron chi connectivity index (χ2n) is 11.7. The number of hydrogen-bond donors (Lipinski definition) is 1. The lowest BCUT2D eigenvalue weighted by Crippen LogP contribution is -2.56. The Bertz CT molecular complexity index is 1110. The second kappa shape index (κ2) is 9.01. The molecule has 194 valence electrons. The molecule has 36 heavy (non-hydrogen) atoms. The Morgan fingerprint density at radius 2 is 1.83 bits per heavy atom. The Balaban J connectivity index is 1.13. The predicted molar refractivity (Wildman–Crippen MR) is 136 cm³/mol. The van der Waals surface area contributed by atoms with Gasteiger partial charge in [-0.2, -0.15) is 4.98 Å². The lowest BCUT2D eigenvalue weighted by Gasteiger charge is -2.44. The average Bonchev–Trinajstić information content (AvgIpc) is 3.51. The average molecular weight is 497 g/mol. The number of nitrogens with one attached hydrogen (secondary N) is 1. The van der Waals surface area contributed by atoms with Crippen LogP contribution in [0.4, 0.5) is 20.6 Å². The van der Waals surface area contributed by atoms with Gasteiger partial charge in [0.2, 0.25) is 5.89 Å². The van der Waals surface area contributed by atoms with Crippen molar-refractivity contribution < 1.29 is 13.7 Å². The highest BCUT2D eigenvalue weighted by atomic mass is 19.1. The molecule has 2 unspecified atom stereocenters. The highest BCUT2D eigenvalue weighted by molar-refractivity contribution is 5.93. The van der Waals surface area contributed by atoms with E-state index in [-0.39, 0.29) is 17.3 Å². The number of aromatic nitrogens is 2. The summed E-state index contributed by atoms with van der Waals surface area (Å²) in [6, 6.07) is 6.31. The number of rotatable bonds is 5. The number of piperidine rings is 1. The first-order valence-electron chi connectivity index (χ1n) is 13.5. The number of hydrogen-bond acceptors (Lipinski definition) is 6. The van der Waals surface area contributed by atoms with Gasteiger partial charge in [-0.15, -0.1) is 0 Å². The lowest BCUT2D eigenvalue weighted by molar-refractivity contribution is 0.129. The Kier molecular flexibility index (Phi) is 5.93. The molecule has 1 aliphatic carbocycles. The fourth-order valence-corrected chi connectivity index (χ4v) is 6.46. The summed E-state index contributed by atoms with van der Waals surface area (Å²) in [5.74, 6) is 1.54. The molecular formula is C27H37FN6O2. The molecule has 1 aromatic carbocycles. The summed E-state index contributed by atoms with van der Waals surface area (Å²) >= 11 is 0. The molecule has 1 aromatic heterocycles. The molecule has 0 spiro atoms. The largest absolute Gasteiger partial charge is 0.367 e. The lowest BCUT2D eigenvalue weighted by atomic mass is 9.80. The van der Waals surface area contributed by atoms with Crippen LogP contribution in [0.3, 0.4) is 0 Å². The van der Waals surface area contributed by atoms with Crippen molar-refractivity contribution in [2.75, 3.05) is 36.4 Å². The van der Waals surface area contributed by atoms with Crippen LogP contribution < -0.4 is 10.2 Å². The van der Waals surface area contributed by atoms with Gasteiger partial charge in [0, 0.05) is 55.6 Å². The van der Waals surface area contributed by atoms with Crippen LogP contribution in [0.15, 0.2) is 22.7 Å². The third-order valence-electron chi connectivity index (χ3n) is 8.76. The van der Waals surface area contributed by atoms with Gasteiger partial charge in [0.15, 0.2) is 5.82 Å². The van der Waals surface area contributed by atoms with E-state index in [9.17, 15) is 4.79 Å². The van der Waals surface area contributed by atoms with E-state index in [0.29, 0.717) is 42.8 Å². The quantitative estimate of drug-likeness (QED) is 0.645. The number of halogens is 1. The van der Waals surface area contributed by atoms with Crippen molar-refractivity contribution in [3.05, 3.63) is 35.7 Å². The number of piperazine rings is 1. The summed E-state index contributed by atoms with van der Waals surface area (Å²) < 4.78 is 20.5. The Hall–Kier alpha value is -2.68. The van der Waals surface area contributed by atoms with Crippen molar-refractivity contribution in [3.8, 4) is 0 Å². The van der Waals surface area contributed by atoms with Crippen molar-refractivity contribution in [1.29, 1.82) is 0 Å². The topological polar surface area (TPSA) is 77.7 Å². The monoisotopic (exact) mass is 496 g/mol. The SMILES string of the molecule is CC(C)N1C2CCC1CN(c1cccc(F)c1NC(=O)N1CCC(C)(c3noc(C4CC4)n3)CC1)C2. The number of para-hydroxylation sites is 1. The number of anilines is 2. The van der Waals surface area contributed by atoms with Gasteiger partial charge >= 0.3 is 6.03 Å². The molecule has 1 saturated carbocycles. The van der Waals surface area contributed by atoms with Crippen LogP contribution in [-0.4, -0.2) is 70.3 Å². The van der Waals surface area contributed by atoms with E-state index in [2.05, 4.69) is 46.0 Å². The number of likely N-dealkylation sites (tertiary alicyclic amines) is 1. The summed E-state index contributed by atoms with van der Waals surface area (Å²) in [7, 11) is 0. The maximum atomic E-state index is 15.1. The molecule has 4 heterocycles. The zero-order valence-electron chi connectivity index (χ0n) is 21.5. The summed E-state index contributed by atoms with van der Waals surface area (Å²) in [6.07, 6.45) is 6.08. The van der Waals surface area contributed by atoms with Crippen molar-refractivity contribution in [2.45, 2.75) is 88.8 Å². The zero-order valence-corrected chi connectivity index (χ0v) is 21.5. The van der Waals surface area contributed by atoms with E-state index in [1.807, 2.05) is 6.07 Å². The molecule has 2 aromatic rings. The normalized spacial score (nSPS) is 26.0. The predicted octanol–water partition coefficient (Wildman–Crippen LogP) is 4.73. The minimum absolute atomic E-state index is 0.216. The summed E-state index contributed by atoms with van der Waals surface area (Å²) in [4.78, 5) is 24.6. The van der Waals surface area contributed by atoms with E-state index in [1.165, 1.54) is 18.9 Å². The van der Waals surface area contributed by atoms with Crippen LogP contribution in [0, 0.1) is 5.82 Å². The van der Waals surface area contributed by atoms with Crippen molar-refractivity contribution in [1.82, 2.24) is 19.9 Å². The maximum absolute atomic E-state index is 15.1. The Labute approximate surface area is 212 Å². The molecule has 9 heteroatoms.